The number of likely N-dealkylation sites (N-methyl/N-ethyl adjacent to an activating group) is 1. The third-order valence-corrected chi connectivity index (χ3v) is 4.64. The SMILES string of the molecule is C[C@@H]1CN(CC(=O)N(C)CCn2ccc3ccccc32)C[C@H](C)O1. The van der Waals surface area contributed by atoms with Crippen molar-refractivity contribution in [3.05, 3.63) is 36.5 Å². The number of nitrogens with zero attached hydrogens (tertiary/aromatic N) is 3. The first-order valence-electron chi connectivity index (χ1n) is 8.68. The van der Waals surface area contributed by atoms with Crippen molar-refractivity contribution in [2.75, 3.05) is 33.2 Å². The van der Waals surface area contributed by atoms with Gasteiger partial charge in [0.1, 0.15) is 0 Å². The largest absolute Gasteiger partial charge is 0.373 e. The molecule has 0 saturated carbocycles. The van der Waals surface area contributed by atoms with E-state index in [2.05, 4.69) is 53.8 Å². The van der Waals surface area contributed by atoms with Crippen LogP contribution in [0, 0.1) is 0 Å². The van der Waals surface area contributed by atoms with Crippen LogP contribution in [0.4, 0.5) is 0 Å². The molecule has 0 radical (unpaired) electrons. The maximum Gasteiger partial charge on any atom is 0.236 e. The Labute approximate surface area is 143 Å². The van der Waals surface area contributed by atoms with Gasteiger partial charge < -0.3 is 14.2 Å². The summed E-state index contributed by atoms with van der Waals surface area (Å²) >= 11 is 0. The van der Waals surface area contributed by atoms with E-state index in [0.717, 1.165) is 19.6 Å². The average Bonchev–Trinajstić information content (AvgIpc) is 2.94. The minimum Gasteiger partial charge on any atom is -0.373 e. The fraction of sp³-hybridized carbons (Fsp3) is 0.526. The molecule has 1 aliphatic rings. The highest BCUT2D eigenvalue weighted by molar-refractivity contribution is 5.80. The number of benzene rings is 1. The molecule has 2 atom stereocenters. The first-order valence-corrected chi connectivity index (χ1v) is 8.68. The van der Waals surface area contributed by atoms with E-state index in [9.17, 15) is 4.79 Å². The second kappa shape index (κ2) is 7.36. The summed E-state index contributed by atoms with van der Waals surface area (Å²) in [4.78, 5) is 16.5. The highest BCUT2D eigenvalue weighted by atomic mass is 16.5. The summed E-state index contributed by atoms with van der Waals surface area (Å²) in [7, 11) is 1.89. The van der Waals surface area contributed by atoms with E-state index in [4.69, 9.17) is 4.74 Å². The van der Waals surface area contributed by atoms with Crippen molar-refractivity contribution in [2.24, 2.45) is 0 Å². The van der Waals surface area contributed by atoms with Gasteiger partial charge in [0.05, 0.1) is 18.8 Å². The van der Waals surface area contributed by atoms with Crippen LogP contribution in [0.1, 0.15) is 13.8 Å². The van der Waals surface area contributed by atoms with Crippen molar-refractivity contribution in [3.8, 4) is 0 Å². The molecule has 1 saturated heterocycles. The molecule has 1 aliphatic heterocycles. The van der Waals surface area contributed by atoms with Crippen molar-refractivity contribution >= 4 is 16.8 Å². The summed E-state index contributed by atoms with van der Waals surface area (Å²) in [5.74, 6) is 0.174. The summed E-state index contributed by atoms with van der Waals surface area (Å²) in [6.07, 6.45) is 2.48. The van der Waals surface area contributed by atoms with Crippen LogP contribution in [0.5, 0.6) is 0 Å². The Bertz CT molecular complexity index is 687. The molecule has 1 fully saturated rings. The number of aromatic nitrogens is 1. The fourth-order valence-electron chi connectivity index (χ4n) is 3.44. The Morgan fingerprint density at radius 3 is 2.67 bits per heavy atom. The number of carbonyl (C=O) groups excluding carboxylic acids is 1. The highest BCUT2D eigenvalue weighted by Crippen LogP contribution is 2.15. The summed E-state index contributed by atoms with van der Waals surface area (Å²) in [6.45, 7) is 7.78. The second-order valence-corrected chi connectivity index (χ2v) is 6.83. The van der Waals surface area contributed by atoms with Crippen LogP contribution in [-0.2, 0) is 16.1 Å². The molecule has 0 spiro atoms. The van der Waals surface area contributed by atoms with Crippen LogP contribution in [-0.4, -0.2) is 65.7 Å². The third kappa shape index (κ3) is 3.97. The number of fused-ring (bicyclic) bond motifs is 1. The first-order chi connectivity index (χ1) is 11.5. The van der Waals surface area contributed by atoms with Crippen LogP contribution < -0.4 is 0 Å². The molecule has 3 rings (SSSR count). The van der Waals surface area contributed by atoms with Crippen LogP contribution in [0.3, 0.4) is 0 Å². The number of hydrogen-bond acceptors (Lipinski definition) is 3. The standard InChI is InChI=1S/C19H27N3O2/c1-15-12-21(13-16(2)24-15)14-19(23)20(3)10-11-22-9-8-17-6-4-5-7-18(17)22/h4-9,15-16H,10-14H2,1-3H3/t15-,16+. The van der Waals surface area contributed by atoms with Gasteiger partial charge in [-0.15, -0.1) is 0 Å². The maximum absolute atomic E-state index is 12.5. The van der Waals surface area contributed by atoms with Gasteiger partial charge in [0.15, 0.2) is 0 Å². The lowest BCUT2D eigenvalue weighted by molar-refractivity contribution is -0.134. The number of hydrogen-bond donors (Lipinski definition) is 0. The molecule has 0 aliphatic carbocycles. The van der Waals surface area contributed by atoms with Gasteiger partial charge in [0.2, 0.25) is 5.91 Å². The van der Waals surface area contributed by atoms with Crippen LogP contribution >= 0.6 is 0 Å². The average molecular weight is 329 g/mol. The lowest BCUT2D eigenvalue weighted by Crippen LogP contribution is -2.49. The smallest absolute Gasteiger partial charge is 0.236 e. The van der Waals surface area contributed by atoms with E-state index >= 15 is 0 Å². The third-order valence-electron chi connectivity index (χ3n) is 4.64. The molecule has 1 amide bonds. The number of rotatable bonds is 5. The summed E-state index contributed by atoms with van der Waals surface area (Å²) in [6, 6.07) is 10.4. The zero-order chi connectivity index (χ0) is 17.1. The van der Waals surface area contributed by atoms with E-state index in [-0.39, 0.29) is 18.1 Å². The van der Waals surface area contributed by atoms with Gasteiger partial charge >= 0.3 is 0 Å². The lowest BCUT2D eigenvalue weighted by atomic mass is 10.2. The topological polar surface area (TPSA) is 37.7 Å². The molecule has 1 aromatic heterocycles. The van der Waals surface area contributed by atoms with Gasteiger partial charge in [-0.2, -0.15) is 0 Å². The number of carbonyl (C=O) groups is 1. The molecule has 24 heavy (non-hydrogen) atoms. The molecular formula is C19H27N3O2. The predicted octanol–water partition coefficient (Wildman–Crippen LogP) is 2.21. The zero-order valence-electron chi connectivity index (χ0n) is 14.8. The minimum atomic E-state index is 0.174. The first kappa shape index (κ1) is 17.0. The second-order valence-electron chi connectivity index (χ2n) is 6.83. The maximum atomic E-state index is 12.5. The molecule has 2 heterocycles. The number of amides is 1. The number of para-hydroxylation sites is 1. The molecule has 130 valence electrons. The molecule has 5 heteroatoms. The Balaban J connectivity index is 1.53. The quantitative estimate of drug-likeness (QED) is 0.844. The van der Waals surface area contributed by atoms with E-state index in [0.29, 0.717) is 13.1 Å². The Kier molecular flexibility index (Phi) is 5.21. The fourth-order valence-corrected chi connectivity index (χ4v) is 3.44. The molecule has 1 aromatic carbocycles. The van der Waals surface area contributed by atoms with Gasteiger partial charge in [-0.25, -0.2) is 0 Å². The Morgan fingerprint density at radius 1 is 1.21 bits per heavy atom. The van der Waals surface area contributed by atoms with Crippen LogP contribution in [0.2, 0.25) is 0 Å². The van der Waals surface area contributed by atoms with Crippen LogP contribution in [0.15, 0.2) is 36.5 Å². The molecule has 0 N–H and O–H groups in total. The predicted molar refractivity (Wildman–Crippen MR) is 96.0 cm³/mol. The summed E-state index contributed by atoms with van der Waals surface area (Å²) in [5.41, 5.74) is 1.22. The van der Waals surface area contributed by atoms with Gasteiger partial charge in [-0.05, 0) is 31.4 Å². The van der Waals surface area contributed by atoms with E-state index < -0.39 is 0 Å². The van der Waals surface area contributed by atoms with Gasteiger partial charge in [0, 0.05) is 44.9 Å². The number of ether oxygens (including phenoxy) is 1. The summed E-state index contributed by atoms with van der Waals surface area (Å²) in [5, 5.41) is 1.24. The Morgan fingerprint density at radius 2 is 1.92 bits per heavy atom. The van der Waals surface area contributed by atoms with E-state index in [1.165, 1.54) is 10.9 Å². The van der Waals surface area contributed by atoms with Crippen molar-refractivity contribution in [1.29, 1.82) is 0 Å². The van der Waals surface area contributed by atoms with Crippen molar-refractivity contribution in [1.82, 2.24) is 14.4 Å². The molecule has 0 bridgehead atoms. The highest BCUT2D eigenvalue weighted by Gasteiger charge is 2.24. The molecule has 0 unspecified atom stereocenters. The Hall–Kier alpha value is -1.85. The normalized spacial score (nSPS) is 22.0. The summed E-state index contributed by atoms with van der Waals surface area (Å²) < 4.78 is 7.93. The lowest BCUT2D eigenvalue weighted by Gasteiger charge is -2.35. The van der Waals surface area contributed by atoms with Gasteiger partial charge in [0.25, 0.3) is 0 Å². The zero-order valence-corrected chi connectivity index (χ0v) is 14.8. The van der Waals surface area contributed by atoms with Crippen molar-refractivity contribution < 1.29 is 9.53 Å². The molecule has 5 nitrogen and oxygen atoms in total. The van der Waals surface area contributed by atoms with Gasteiger partial charge in [-0.3, -0.25) is 9.69 Å². The van der Waals surface area contributed by atoms with Crippen LogP contribution in [0.25, 0.3) is 10.9 Å². The van der Waals surface area contributed by atoms with E-state index in [1.54, 1.807) is 0 Å². The van der Waals surface area contributed by atoms with E-state index in [1.807, 2.05) is 18.0 Å². The van der Waals surface area contributed by atoms with Gasteiger partial charge in [-0.1, -0.05) is 18.2 Å². The number of morpholine rings is 1. The van der Waals surface area contributed by atoms with Crippen molar-refractivity contribution in [3.63, 3.8) is 0 Å². The molecular weight excluding hydrogens is 302 g/mol. The van der Waals surface area contributed by atoms with Crippen molar-refractivity contribution in [2.45, 2.75) is 32.6 Å². The monoisotopic (exact) mass is 329 g/mol. The minimum absolute atomic E-state index is 0.174. The molecule has 2 aromatic rings.